The van der Waals surface area contributed by atoms with E-state index in [0.29, 0.717) is 11.8 Å². The number of fused-ring (bicyclic) bond motifs is 3. The summed E-state index contributed by atoms with van der Waals surface area (Å²) in [7, 11) is 1.72. The summed E-state index contributed by atoms with van der Waals surface area (Å²) >= 11 is 0. The van der Waals surface area contributed by atoms with Crippen LogP contribution in [-0.2, 0) is 20.7 Å². The third kappa shape index (κ3) is 2.29. The van der Waals surface area contributed by atoms with Gasteiger partial charge in [-0.3, -0.25) is 9.59 Å². The van der Waals surface area contributed by atoms with Crippen molar-refractivity contribution in [2.45, 2.75) is 70.4 Å². The number of ether oxygens (including phenoxy) is 2. The van der Waals surface area contributed by atoms with E-state index in [1.54, 1.807) is 14.0 Å². The molecular formula is C25H31NO4. The molecular weight excluding hydrogens is 378 g/mol. The van der Waals surface area contributed by atoms with E-state index in [1.807, 2.05) is 0 Å². The van der Waals surface area contributed by atoms with E-state index in [1.165, 1.54) is 18.1 Å². The van der Waals surface area contributed by atoms with Crippen molar-refractivity contribution in [1.82, 2.24) is 5.32 Å². The molecule has 0 radical (unpaired) electrons. The van der Waals surface area contributed by atoms with E-state index in [4.69, 9.17) is 9.47 Å². The van der Waals surface area contributed by atoms with Gasteiger partial charge in [0.15, 0.2) is 5.60 Å². The maximum atomic E-state index is 12.2. The Bertz CT molecular complexity index is 954. The average molecular weight is 410 g/mol. The third-order valence-corrected chi connectivity index (χ3v) is 8.84. The molecule has 1 aromatic carbocycles. The van der Waals surface area contributed by atoms with Gasteiger partial charge in [0, 0.05) is 24.7 Å². The topological polar surface area (TPSA) is 64.6 Å². The fraction of sp³-hybridized carbons (Fsp3) is 0.600. The van der Waals surface area contributed by atoms with Crippen LogP contribution in [0.3, 0.4) is 0 Å². The number of nitrogens with one attached hydrogen (secondary N) is 1. The van der Waals surface area contributed by atoms with E-state index < -0.39 is 5.60 Å². The van der Waals surface area contributed by atoms with Crippen LogP contribution in [0.5, 0.6) is 5.75 Å². The van der Waals surface area contributed by atoms with Crippen LogP contribution in [0.4, 0.5) is 0 Å². The molecule has 5 nitrogen and oxygen atoms in total. The van der Waals surface area contributed by atoms with Gasteiger partial charge in [0.1, 0.15) is 5.75 Å². The van der Waals surface area contributed by atoms with Gasteiger partial charge in [-0.2, -0.15) is 0 Å². The summed E-state index contributed by atoms with van der Waals surface area (Å²) in [5.74, 6) is 1.54. The number of esters is 1. The molecule has 1 aromatic rings. The molecule has 1 amide bonds. The molecule has 0 unspecified atom stereocenters. The van der Waals surface area contributed by atoms with Crippen LogP contribution in [0, 0.1) is 16.7 Å². The number of hydrogen-bond acceptors (Lipinski definition) is 4. The molecule has 2 bridgehead atoms. The second-order valence-electron chi connectivity index (χ2n) is 9.90. The minimum atomic E-state index is -0.754. The number of carbonyl (C=O) groups is 2. The molecule has 4 aliphatic rings. The van der Waals surface area contributed by atoms with Crippen molar-refractivity contribution in [3.63, 3.8) is 0 Å². The monoisotopic (exact) mass is 409 g/mol. The lowest BCUT2D eigenvalue weighted by Crippen LogP contribution is -2.58. The molecule has 5 rings (SSSR count). The normalized spacial score (nSPS) is 40.2. The molecule has 2 fully saturated rings. The lowest BCUT2D eigenvalue weighted by molar-refractivity contribution is -0.171. The highest BCUT2D eigenvalue weighted by Gasteiger charge is 2.76. The molecule has 30 heavy (non-hydrogen) atoms. The fourth-order valence-corrected chi connectivity index (χ4v) is 7.69. The first-order valence-corrected chi connectivity index (χ1v) is 11.1. The van der Waals surface area contributed by atoms with E-state index in [9.17, 15) is 9.59 Å². The number of rotatable bonds is 3. The number of amides is 1. The molecule has 6 atom stereocenters. The summed E-state index contributed by atoms with van der Waals surface area (Å²) in [5.41, 5.74) is 1.82. The maximum absolute atomic E-state index is 12.2. The smallest absolute Gasteiger partial charge is 0.303 e. The zero-order valence-electron chi connectivity index (χ0n) is 18.3. The second kappa shape index (κ2) is 6.35. The van der Waals surface area contributed by atoms with Gasteiger partial charge in [0.25, 0.3) is 0 Å². The van der Waals surface area contributed by atoms with Gasteiger partial charge >= 0.3 is 5.97 Å². The van der Waals surface area contributed by atoms with Crippen LogP contribution < -0.4 is 10.1 Å². The number of benzene rings is 1. The zero-order valence-corrected chi connectivity index (χ0v) is 18.3. The summed E-state index contributed by atoms with van der Waals surface area (Å²) < 4.78 is 11.5. The number of hydrogen-bond donors (Lipinski definition) is 1. The van der Waals surface area contributed by atoms with Crippen molar-refractivity contribution < 1.29 is 19.1 Å². The summed E-state index contributed by atoms with van der Waals surface area (Å²) in [6.45, 7) is 5.32. The molecule has 4 aliphatic carbocycles. The molecule has 0 heterocycles. The van der Waals surface area contributed by atoms with Gasteiger partial charge in [-0.1, -0.05) is 19.1 Å². The number of methoxy groups -OCH3 is 1. The van der Waals surface area contributed by atoms with Gasteiger partial charge in [0.05, 0.1) is 13.2 Å². The summed E-state index contributed by atoms with van der Waals surface area (Å²) in [6.07, 6.45) is 9.47. The van der Waals surface area contributed by atoms with Gasteiger partial charge < -0.3 is 14.8 Å². The van der Waals surface area contributed by atoms with Crippen molar-refractivity contribution in [3.8, 4) is 5.75 Å². The Morgan fingerprint density at radius 2 is 1.97 bits per heavy atom. The second-order valence-corrected chi connectivity index (χ2v) is 9.90. The first-order chi connectivity index (χ1) is 14.3. The van der Waals surface area contributed by atoms with Crippen molar-refractivity contribution >= 4 is 11.9 Å². The Kier molecular flexibility index (Phi) is 4.16. The predicted molar refractivity (Wildman–Crippen MR) is 113 cm³/mol. The Labute approximate surface area is 178 Å². The van der Waals surface area contributed by atoms with Crippen molar-refractivity contribution in [1.29, 1.82) is 0 Å². The van der Waals surface area contributed by atoms with Crippen molar-refractivity contribution in [2.24, 2.45) is 16.7 Å². The molecule has 0 aliphatic heterocycles. The molecule has 2 saturated carbocycles. The lowest BCUT2D eigenvalue weighted by Gasteiger charge is -2.56. The maximum Gasteiger partial charge on any atom is 0.303 e. The van der Waals surface area contributed by atoms with Crippen LogP contribution in [0.25, 0.3) is 0 Å². The molecule has 5 heteroatoms. The van der Waals surface area contributed by atoms with Crippen molar-refractivity contribution in [3.05, 3.63) is 41.5 Å². The van der Waals surface area contributed by atoms with Crippen LogP contribution in [-0.4, -0.2) is 30.6 Å². The first-order valence-electron chi connectivity index (χ1n) is 11.1. The minimum Gasteiger partial charge on any atom is -0.497 e. The lowest BCUT2D eigenvalue weighted by atomic mass is 9.48. The third-order valence-electron chi connectivity index (χ3n) is 8.84. The highest BCUT2D eigenvalue weighted by Crippen LogP contribution is 2.75. The van der Waals surface area contributed by atoms with Gasteiger partial charge in [-0.05, 0) is 73.3 Å². The van der Waals surface area contributed by atoms with E-state index in [0.717, 1.165) is 37.9 Å². The number of allylic oxidation sites excluding steroid dienone is 1. The molecule has 1 N–H and O–H groups in total. The van der Waals surface area contributed by atoms with E-state index >= 15 is 0 Å². The van der Waals surface area contributed by atoms with Crippen molar-refractivity contribution in [2.75, 3.05) is 7.11 Å². The van der Waals surface area contributed by atoms with Gasteiger partial charge in [0.2, 0.25) is 5.91 Å². The Morgan fingerprint density at radius 3 is 2.67 bits per heavy atom. The quantitative estimate of drug-likeness (QED) is 0.607. The zero-order chi connectivity index (χ0) is 21.3. The first kappa shape index (κ1) is 19.7. The summed E-state index contributed by atoms with van der Waals surface area (Å²) in [4.78, 5) is 24.2. The molecule has 0 spiro atoms. The number of aryl methyl sites for hydroxylation is 1. The summed E-state index contributed by atoms with van der Waals surface area (Å²) in [5, 5.41) is 3.14. The van der Waals surface area contributed by atoms with Crippen LogP contribution in [0.1, 0.15) is 63.5 Å². The van der Waals surface area contributed by atoms with E-state index in [2.05, 4.69) is 42.6 Å². The van der Waals surface area contributed by atoms with E-state index in [-0.39, 0.29) is 28.7 Å². The predicted octanol–water partition coefficient (Wildman–Crippen LogP) is 3.91. The highest BCUT2D eigenvalue weighted by molar-refractivity contribution is 5.74. The molecule has 160 valence electrons. The standard InChI is InChI=1S/C25H31NO4/c1-15(27)26-22-14-24-11-12-25(22,30-16(2)28)23(24,3)10-9-20-19-7-6-18(29-4)13-17(19)5-8-21(20)24/h6-7,11-13,20-22H,5,8-10,14H2,1-4H3,(H,26,27)/t20-,21-,22-,23+,24+,25+/m1/s1. The van der Waals surface area contributed by atoms with Gasteiger partial charge in [-0.25, -0.2) is 0 Å². The fourth-order valence-electron chi connectivity index (χ4n) is 7.69. The largest absolute Gasteiger partial charge is 0.497 e. The SMILES string of the molecule is COc1ccc2c(c1)CC[C@@H]1[C@@H]2CC[C@@]2(C)[C@]13C=C[C@]2(OC(C)=O)[C@H](NC(C)=O)C3. The Balaban J connectivity index is 1.59. The van der Waals surface area contributed by atoms with Crippen LogP contribution in [0.15, 0.2) is 30.4 Å². The molecule has 0 saturated heterocycles. The molecule has 0 aromatic heterocycles. The van der Waals surface area contributed by atoms with Crippen LogP contribution in [0.2, 0.25) is 0 Å². The Morgan fingerprint density at radius 1 is 1.17 bits per heavy atom. The number of carbonyl (C=O) groups excluding carboxylic acids is 2. The highest BCUT2D eigenvalue weighted by atomic mass is 16.6. The minimum absolute atomic E-state index is 0.0677. The Hall–Kier alpha value is -2.30. The van der Waals surface area contributed by atoms with Gasteiger partial charge in [-0.15, -0.1) is 0 Å². The average Bonchev–Trinajstić information content (AvgIpc) is 3.06. The summed E-state index contributed by atoms with van der Waals surface area (Å²) in [6, 6.07) is 6.35. The van der Waals surface area contributed by atoms with Crippen LogP contribution >= 0.6 is 0 Å².